The van der Waals surface area contributed by atoms with Gasteiger partial charge in [0.25, 0.3) is 0 Å². The SMILES string of the molecule is CCCc1cc(CC2CCCC2)nc2cc(C(=O)O)nn12. The van der Waals surface area contributed by atoms with Gasteiger partial charge in [-0.25, -0.2) is 14.3 Å². The van der Waals surface area contributed by atoms with Gasteiger partial charge in [0, 0.05) is 17.5 Å². The number of hydrogen-bond acceptors (Lipinski definition) is 3. The van der Waals surface area contributed by atoms with Crippen LogP contribution in [0.4, 0.5) is 0 Å². The van der Waals surface area contributed by atoms with Crippen LogP contribution in [0.1, 0.15) is 60.9 Å². The van der Waals surface area contributed by atoms with Crippen LogP contribution in [0.5, 0.6) is 0 Å². The number of aryl methyl sites for hydroxylation is 1. The molecule has 2 heterocycles. The van der Waals surface area contributed by atoms with Gasteiger partial charge in [-0.1, -0.05) is 39.0 Å². The number of rotatable bonds is 5. The molecular weight excluding hydrogens is 266 g/mol. The molecule has 0 spiro atoms. The summed E-state index contributed by atoms with van der Waals surface area (Å²) in [5, 5.41) is 13.3. The first-order valence-corrected chi connectivity index (χ1v) is 7.79. The van der Waals surface area contributed by atoms with Crippen LogP contribution in [0, 0.1) is 5.92 Å². The van der Waals surface area contributed by atoms with E-state index in [1.165, 1.54) is 25.7 Å². The minimum atomic E-state index is -1.000. The van der Waals surface area contributed by atoms with Gasteiger partial charge >= 0.3 is 5.97 Å². The molecule has 5 heteroatoms. The molecule has 0 atom stereocenters. The largest absolute Gasteiger partial charge is 0.476 e. The van der Waals surface area contributed by atoms with Crippen molar-refractivity contribution in [2.24, 2.45) is 5.92 Å². The van der Waals surface area contributed by atoms with E-state index in [1.807, 2.05) is 0 Å². The molecular formula is C16H21N3O2. The first kappa shape index (κ1) is 14.0. The molecule has 21 heavy (non-hydrogen) atoms. The van der Waals surface area contributed by atoms with E-state index in [1.54, 1.807) is 10.6 Å². The fourth-order valence-corrected chi connectivity index (χ4v) is 3.25. The third kappa shape index (κ3) is 2.91. The Balaban J connectivity index is 1.98. The second-order valence-corrected chi connectivity index (χ2v) is 5.95. The van der Waals surface area contributed by atoms with Crippen LogP contribution in [0.2, 0.25) is 0 Å². The molecule has 112 valence electrons. The summed E-state index contributed by atoms with van der Waals surface area (Å²) in [6, 6.07) is 3.67. The molecule has 1 N–H and O–H groups in total. The summed E-state index contributed by atoms with van der Waals surface area (Å²) in [6.45, 7) is 2.12. The maximum Gasteiger partial charge on any atom is 0.356 e. The summed E-state index contributed by atoms with van der Waals surface area (Å²) in [5.41, 5.74) is 2.86. The molecule has 0 unspecified atom stereocenters. The standard InChI is InChI=1S/C16H21N3O2/c1-2-5-13-9-12(8-11-6-3-4-7-11)17-15-10-14(16(20)21)18-19(13)15/h9-11H,2-8H2,1H3,(H,20,21). The summed E-state index contributed by atoms with van der Waals surface area (Å²) in [4.78, 5) is 15.7. The van der Waals surface area contributed by atoms with Crippen molar-refractivity contribution in [3.8, 4) is 0 Å². The lowest BCUT2D eigenvalue weighted by atomic mass is 10.0. The molecule has 0 aliphatic heterocycles. The van der Waals surface area contributed by atoms with Crippen molar-refractivity contribution in [2.75, 3.05) is 0 Å². The van der Waals surface area contributed by atoms with Crippen molar-refractivity contribution in [1.82, 2.24) is 14.6 Å². The molecule has 1 saturated carbocycles. The van der Waals surface area contributed by atoms with E-state index in [2.05, 4.69) is 23.1 Å². The zero-order valence-electron chi connectivity index (χ0n) is 12.4. The van der Waals surface area contributed by atoms with Crippen LogP contribution in [0.15, 0.2) is 12.1 Å². The van der Waals surface area contributed by atoms with Crippen LogP contribution in [0.3, 0.4) is 0 Å². The minimum absolute atomic E-state index is 0.0675. The average Bonchev–Trinajstić information content (AvgIpc) is 3.08. The van der Waals surface area contributed by atoms with Crippen LogP contribution in [-0.4, -0.2) is 25.7 Å². The molecule has 1 aliphatic rings. The zero-order valence-corrected chi connectivity index (χ0v) is 12.4. The molecule has 0 amide bonds. The number of hydrogen-bond donors (Lipinski definition) is 1. The lowest BCUT2D eigenvalue weighted by Crippen LogP contribution is -2.07. The fourth-order valence-electron chi connectivity index (χ4n) is 3.25. The minimum Gasteiger partial charge on any atom is -0.476 e. The van der Waals surface area contributed by atoms with E-state index >= 15 is 0 Å². The number of carboxylic acids is 1. The van der Waals surface area contributed by atoms with Crippen LogP contribution in [-0.2, 0) is 12.8 Å². The van der Waals surface area contributed by atoms with E-state index in [-0.39, 0.29) is 5.69 Å². The quantitative estimate of drug-likeness (QED) is 0.917. The third-order valence-electron chi connectivity index (χ3n) is 4.25. The summed E-state index contributed by atoms with van der Waals surface area (Å²) in [5.74, 6) is -0.267. The molecule has 3 rings (SSSR count). The number of aromatic carboxylic acids is 1. The predicted molar refractivity (Wildman–Crippen MR) is 79.6 cm³/mol. The van der Waals surface area contributed by atoms with Crippen LogP contribution >= 0.6 is 0 Å². The molecule has 5 nitrogen and oxygen atoms in total. The van der Waals surface area contributed by atoms with Gasteiger partial charge in [0.05, 0.1) is 0 Å². The maximum absolute atomic E-state index is 11.1. The Labute approximate surface area is 124 Å². The molecule has 2 aromatic rings. The van der Waals surface area contributed by atoms with E-state index in [9.17, 15) is 4.79 Å². The Bertz CT molecular complexity index is 657. The highest BCUT2D eigenvalue weighted by Gasteiger charge is 2.18. The second-order valence-electron chi connectivity index (χ2n) is 5.95. The normalized spacial score (nSPS) is 15.9. The summed E-state index contributed by atoms with van der Waals surface area (Å²) >= 11 is 0. The number of carboxylic acid groups (broad SMARTS) is 1. The summed E-state index contributed by atoms with van der Waals surface area (Å²) < 4.78 is 1.69. The Kier molecular flexibility index (Phi) is 3.90. The molecule has 0 radical (unpaired) electrons. The number of carbonyl (C=O) groups is 1. The van der Waals surface area contributed by atoms with Gasteiger partial charge in [0.15, 0.2) is 11.3 Å². The third-order valence-corrected chi connectivity index (χ3v) is 4.25. The molecule has 0 bridgehead atoms. The van der Waals surface area contributed by atoms with E-state index in [0.717, 1.165) is 36.6 Å². The van der Waals surface area contributed by atoms with Gasteiger partial charge in [-0.15, -0.1) is 0 Å². The van der Waals surface area contributed by atoms with Crippen LogP contribution < -0.4 is 0 Å². The Hall–Kier alpha value is -1.91. The smallest absolute Gasteiger partial charge is 0.356 e. The highest BCUT2D eigenvalue weighted by molar-refractivity contribution is 5.86. The van der Waals surface area contributed by atoms with Gasteiger partial charge in [-0.2, -0.15) is 5.10 Å². The number of aromatic nitrogens is 3. The van der Waals surface area contributed by atoms with Crippen molar-refractivity contribution in [1.29, 1.82) is 0 Å². The van der Waals surface area contributed by atoms with Gasteiger partial charge in [0.1, 0.15) is 0 Å². The summed E-state index contributed by atoms with van der Waals surface area (Å²) in [6.07, 6.45) is 8.11. The average molecular weight is 287 g/mol. The highest BCUT2D eigenvalue weighted by Crippen LogP contribution is 2.28. The van der Waals surface area contributed by atoms with E-state index in [4.69, 9.17) is 5.11 Å². The zero-order chi connectivity index (χ0) is 14.8. The van der Waals surface area contributed by atoms with E-state index < -0.39 is 5.97 Å². The van der Waals surface area contributed by atoms with Crippen molar-refractivity contribution in [2.45, 2.75) is 51.9 Å². The molecule has 2 aromatic heterocycles. The second kappa shape index (κ2) is 5.84. The first-order valence-electron chi connectivity index (χ1n) is 7.79. The van der Waals surface area contributed by atoms with Crippen molar-refractivity contribution in [3.05, 3.63) is 29.2 Å². The predicted octanol–water partition coefficient (Wildman–Crippen LogP) is 3.11. The van der Waals surface area contributed by atoms with E-state index in [0.29, 0.717) is 5.65 Å². The Morgan fingerprint density at radius 3 is 2.81 bits per heavy atom. The van der Waals surface area contributed by atoms with Crippen molar-refractivity contribution >= 4 is 11.6 Å². The van der Waals surface area contributed by atoms with Gasteiger partial charge in [-0.3, -0.25) is 0 Å². The van der Waals surface area contributed by atoms with Crippen molar-refractivity contribution < 1.29 is 9.90 Å². The lowest BCUT2D eigenvalue weighted by Gasteiger charge is -2.11. The molecule has 0 saturated heterocycles. The topological polar surface area (TPSA) is 67.5 Å². The highest BCUT2D eigenvalue weighted by atomic mass is 16.4. The molecule has 1 fully saturated rings. The monoisotopic (exact) mass is 287 g/mol. The van der Waals surface area contributed by atoms with Gasteiger partial charge in [0.2, 0.25) is 0 Å². The summed E-state index contributed by atoms with van der Waals surface area (Å²) in [7, 11) is 0. The number of fused-ring (bicyclic) bond motifs is 1. The fraction of sp³-hybridized carbons (Fsp3) is 0.562. The lowest BCUT2D eigenvalue weighted by molar-refractivity contribution is 0.0690. The van der Waals surface area contributed by atoms with Crippen molar-refractivity contribution in [3.63, 3.8) is 0 Å². The van der Waals surface area contributed by atoms with Gasteiger partial charge in [-0.05, 0) is 24.8 Å². The maximum atomic E-state index is 11.1. The number of nitrogens with zero attached hydrogens (tertiary/aromatic N) is 3. The molecule has 1 aliphatic carbocycles. The van der Waals surface area contributed by atoms with Gasteiger partial charge < -0.3 is 5.11 Å². The molecule has 0 aromatic carbocycles. The van der Waals surface area contributed by atoms with Crippen LogP contribution in [0.25, 0.3) is 5.65 Å². The Morgan fingerprint density at radius 2 is 2.14 bits per heavy atom. The first-order chi connectivity index (χ1) is 10.2. The Morgan fingerprint density at radius 1 is 1.38 bits per heavy atom.